The molecule has 1 fully saturated rings. The van der Waals surface area contributed by atoms with E-state index in [0.29, 0.717) is 6.54 Å². The first-order chi connectivity index (χ1) is 12.5. The molecule has 1 heterocycles. The summed E-state index contributed by atoms with van der Waals surface area (Å²) in [5.74, 6) is -0.140. The standard InChI is InChI=1S/C19H20N2O3S2/c1-3-14-10-12-16(13-11-14)26(23,24)20-19-21(4-2)18(22)17(25-19)15-8-6-5-7-9-15/h5-13,17H,3-4H2,1-2H3/t17-/m1/s1. The van der Waals surface area contributed by atoms with Crippen molar-refractivity contribution >= 4 is 32.9 Å². The fourth-order valence-electron chi connectivity index (χ4n) is 2.71. The van der Waals surface area contributed by atoms with Crippen molar-refractivity contribution in [3.8, 4) is 0 Å². The van der Waals surface area contributed by atoms with Crippen LogP contribution in [0.25, 0.3) is 0 Å². The molecule has 1 saturated heterocycles. The Morgan fingerprint density at radius 3 is 2.27 bits per heavy atom. The number of carbonyl (C=O) groups excluding carboxylic acids is 1. The Morgan fingerprint density at radius 1 is 1.04 bits per heavy atom. The van der Waals surface area contributed by atoms with Crippen LogP contribution in [-0.2, 0) is 21.2 Å². The molecule has 1 atom stereocenters. The Labute approximate surface area is 158 Å². The third-order valence-electron chi connectivity index (χ3n) is 4.19. The van der Waals surface area contributed by atoms with E-state index in [1.165, 1.54) is 16.7 Å². The second kappa shape index (κ2) is 7.63. The van der Waals surface area contributed by atoms with Gasteiger partial charge in [-0.3, -0.25) is 9.69 Å². The van der Waals surface area contributed by atoms with E-state index in [-0.39, 0.29) is 16.0 Å². The minimum Gasteiger partial charge on any atom is -0.290 e. The number of rotatable bonds is 5. The minimum absolute atomic E-state index is 0.134. The summed E-state index contributed by atoms with van der Waals surface area (Å²) in [7, 11) is -3.87. The zero-order chi connectivity index (χ0) is 18.7. The SMILES string of the molecule is CCc1ccc(S(=O)(=O)N=C2S[C@H](c3ccccc3)C(=O)N2CC)cc1. The van der Waals surface area contributed by atoms with Crippen LogP contribution >= 0.6 is 11.8 Å². The number of likely N-dealkylation sites (N-methyl/N-ethyl adjacent to an activating group) is 1. The summed E-state index contributed by atoms with van der Waals surface area (Å²) in [6, 6.07) is 16.0. The van der Waals surface area contributed by atoms with Gasteiger partial charge in [0.15, 0.2) is 5.17 Å². The smallest absolute Gasteiger partial charge is 0.284 e. The Balaban J connectivity index is 1.94. The number of sulfonamides is 1. The highest BCUT2D eigenvalue weighted by Gasteiger charge is 2.39. The first-order valence-electron chi connectivity index (χ1n) is 8.43. The van der Waals surface area contributed by atoms with Gasteiger partial charge < -0.3 is 0 Å². The maximum absolute atomic E-state index is 12.7. The Hall–Kier alpha value is -2.12. The molecule has 0 saturated carbocycles. The fourth-order valence-corrected chi connectivity index (χ4v) is 5.14. The van der Waals surface area contributed by atoms with Gasteiger partial charge in [-0.2, -0.15) is 8.42 Å². The van der Waals surface area contributed by atoms with Gasteiger partial charge in [-0.25, -0.2) is 0 Å². The van der Waals surface area contributed by atoms with E-state index >= 15 is 0 Å². The molecule has 1 aliphatic heterocycles. The fraction of sp³-hybridized carbons (Fsp3) is 0.263. The van der Waals surface area contributed by atoms with Gasteiger partial charge in [0, 0.05) is 6.54 Å². The van der Waals surface area contributed by atoms with Crippen LogP contribution in [0.5, 0.6) is 0 Å². The van der Waals surface area contributed by atoms with E-state index in [0.717, 1.165) is 17.5 Å². The molecule has 0 spiro atoms. The molecule has 0 unspecified atom stereocenters. The monoisotopic (exact) mass is 388 g/mol. The molecule has 2 aromatic carbocycles. The lowest BCUT2D eigenvalue weighted by molar-refractivity contribution is -0.126. The van der Waals surface area contributed by atoms with Crippen molar-refractivity contribution in [2.75, 3.05) is 6.54 Å². The molecule has 7 heteroatoms. The van der Waals surface area contributed by atoms with Crippen LogP contribution in [0.2, 0.25) is 0 Å². The lowest BCUT2D eigenvalue weighted by Crippen LogP contribution is -2.30. The highest BCUT2D eigenvalue weighted by atomic mass is 32.2. The largest absolute Gasteiger partial charge is 0.290 e. The number of amides is 1. The second-order valence-corrected chi connectivity index (χ2v) is 8.51. The number of hydrogen-bond donors (Lipinski definition) is 0. The number of carbonyl (C=O) groups is 1. The maximum Gasteiger partial charge on any atom is 0.284 e. The summed E-state index contributed by atoms with van der Waals surface area (Å²) in [4.78, 5) is 14.2. The van der Waals surface area contributed by atoms with Crippen LogP contribution in [0.4, 0.5) is 0 Å². The molecule has 0 aliphatic carbocycles. The van der Waals surface area contributed by atoms with Crippen molar-refractivity contribution in [1.82, 2.24) is 4.90 Å². The first-order valence-corrected chi connectivity index (χ1v) is 10.7. The van der Waals surface area contributed by atoms with Crippen molar-refractivity contribution < 1.29 is 13.2 Å². The average molecular weight is 389 g/mol. The Kier molecular flexibility index (Phi) is 5.48. The summed E-state index contributed by atoms with van der Waals surface area (Å²) in [6.45, 7) is 4.19. The number of thioether (sulfide) groups is 1. The Morgan fingerprint density at radius 2 is 1.69 bits per heavy atom. The quantitative estimate of drug-likeness (QED) is 0.784. The molecule has 136 valence electrons. The normalized spacial score (nSPS) is 19.3. The molecule has 26 heavy (non-hydrogen) atoms. The summed E-state index contributed by atoms with van der Waals surface area (Å²) in [5.41, 5.74) is 1.90. The second-order valence-electron chi connectivity index (χ2n) is 5.84. The van der Waals surface area contributed by atoms with Crippen LogP contribution < -0.4 is 0 Å². The maximum atomic E-state index is 12.7. The molecule has 1 amide bonds. The van der Waals surface area contributed by atoms with E-state index in [4.69, 9.17) is 0 Å². The van der Waals surface area contributed by atoms with Gasteiger partial charge in [0.1, 0.15) is 5.25 Å². The summed E-state index contributed by atoms with van der Waals surface area (Å²) in [5, 5.41) is -0.238. The lowest BCUT2D eigenvalue weighted by Gasteiger charge is -2.13. The van der Waals surface area contributed by atoms with Crippen molar-refractivity contribution in [1.29, 1.82) is 0 Å². The zero-order valence-corrected chi connectivity index (χ0v) is 16.3. The zero-order valence-electron chi connectivity index (χ0n) is 14.6. The molecule has 3 rings (SSSR count). The molecule has 0 bridgehead atoms. The molecular formula is C19H20N2O3S2. The summed E-state index contributed by atoms with van der Waals surface area (Å²) < 4.78 is 29.3. The van der Waals surface area contributed by atoms with Gasteiger partial charge >= 0.3 is 0 Å². The van der Waals surface area contributed by atoms with Crippen molar-refractivity contribution in [3.63, 3.8) is 0 Å². The molecule has 0 radical (unpaired) electrons. The van der Waals surface area contributed by atoms with Gasteiger partial charge in [0.25, 0.3) is 10.0 Å². The highest BCUT2D eigenvalue weighted by Crippen LogP contribution is 2.39. The molecule has 2 aromatic rings. The van der Waals surface area contributed by atoms with Crippen molar-refractivity contribution in [2.45, 2.75) is 30.4 Å². The predicted octanol–water partition coefficient (Wildman–Crippen LogP) is 3.63. The minimum atomic E-state index is -3.87. The van der Waals surface area contributed by atoms with Crippen molar-refractivity contribution in [3.05, 3.63) is 65.7 Å². The number of nitrogens with zero attached hydrogens (tertiary/aromatic N) is 2. The highest BCUT2D eigenvalue weighted by molar-refractivity contribution is 8.15. The average Bonchev–Trinajstić information content (AvgIpc) is 2.97. The summed E-state index contributed by atoms with van der Waals surface area (Å²) in [6.07, 6.45) is 0.835. The van der Waals surface area contributed by atoms with E-state index in [2.05, 4.69) is 4.40 Å². The number of amidine groups is 1. The molecular weight excluding hydrogens is 368 g/mol. The Bertz CT molecular complexity index is 923. The van der Waals surface area contributed by atoms with E-state index in [1.807, 2.05) is 44.2 Å². The van der Waals surface area contributed by atoms with Gasteiger partial charge in [0.2, 0.25) is 5.91 Å². The topological polar surface area (TPSA) is 66.8 Å². The molecule has 0 aromatic heterocycles. The van der Waals surface area contributed by atoms with Crippen molar-refractivity contribution in [2.24, 2.45) is 4.40 Å². The third-order valence-corrected chi connectivity index (χ3v) is 6.82. The number of benzene rings is 2. The third kappa shape index (κ3) is 3.68. The van der Waals surface area contributed by atoms with Crippen LogP contribution in [0.15, 0.2) is 63.9 Å². The number of aryl methyl sites for hydroxylation is 1. The van der Waals surface area contributed by atoms with Crippen LogP contribution in [-0.4, -0.2) is 30.9 Å². The van der Waals surface area contributed by atoms with Crippen LogP contribution in [0.1, 0.15) is 30.2 Å². The van der Waals surface area contributed by atoms with Gasteiger partial charge in [-0.05, 0) is 36.6 Å². The van der Waals surface area contributed by atoms with Gasteiger partial charge in [-0.1, -0.05) is 61.2 Å². The van der Waals surface area contributed by atoms with E-state index in [9.17, 15) is 13.2 Å². The van der Waals surface area contributed by atoms with Gasteiger partial charge in [0.05, 0.1) is 4.90 Å². The molecule has 0 N–H and O–H groups in total. The molecule has 1 aliphatic rings. The van der Waals surface area contributed by atoms with E-state index < -0.39 is 15.3 Å². The van der Waals surface area contributed by atoms with Gasteiger partial charge in [-0.15, -0.1) is 4.40 Å². The number of hydrogen-bond acceptors (Lipinski definition) is 4. The first kappa shape index (κ1) is 18.7. The van der Waals surface area contributed by atoms with Crippen LogP contribution in [0.3, 0.4) is 0 Å². The lowest BCUT2D eigenvalue weighted by atomic mass is 10.1. The summed E-state index contributed by atoms with van der Waals surface area (Å²) >= 11 is 1.18. The van der Waals surface area contributed by atoms with E-state index in [1.54, 1.807) is 24.3 Å². The molecule has 5 nitrogen and oxygen atoms in total. The predicted molar refractivity (Wildman–Crippen MR) is 105 cm³/mol. The van der Waals surface area contributed by atoms with Crippen LogP contribution in [0, 0.1) is 0 Å².